The first-order valence-electron chi connectivity index (χ1n) is 33.9. The molecular formula is C73H110N6O13. The summed E-state index contributed by atoms with van der Waals surface area (Å²) in [5.74, 6) is -7.59. The standard InChI is InChI=1S/C73H110N6O13/c1-15-17-18-19-20-21-22-23-27-34-52(42-62(80)89-44-51-32-25-24-26-33-51)91-71(87)65(50(11)16-2)79-69(85)59(40-47(5)6)75-67(83)61(43-63(81)92-73(12,13)14)76-70(86)64(49(9)10)78-68(84)58(39-46(3)4)74-66(82)60(41-48(7)8)77-72(88)90-45-57-55-37-30-28-35-53(55)54-36-29-31-38-56(54)57/h24-26,28-33,35-38,46-50,52,57-61,64-65H,15-23,27,34,39-45H2,1-14H3,(H,74,82)(H,75,83)(H,76,86)(H,77,88)(H,78,84)(H,79,85)/t50-,52?,58+,59+,60-,61-,64-,65-/m0/s1. The van der Waals surface area contributed by atoms with Crippen LogP contribution in [0.1, 0.15) is 222 Å². The molecule has 92 heavy (non-hydrogen) atoms. The minimum Gasteiger partial charge on any atom is -0.461 e. The van der Waals surface area contributed by atoms with Crippen LogP contribution in [0.2, 0.25) is 0 Å². The van der Waals surface area contributed by atoms with Crippen molar-refractivity contribution in [3.8, 4) is 11.1 Å². The lowest BCUT2D eigenvalue weighted by Crippen LogP contribution is -2.61. The second-order valence-electron chi connectivity index (χ2n) is 27.5. The van der Waals surface area contributed by atoms with Gasteiger partial charge in [-0.2, -0.15) is 0 Å². The van der Waals surface area contributed by atoms with Crippen LogP contribution in [-0.2, 0) is 63.9 Å². The van der Waals surface area contributed by atoms with E-state index < -0.39 is 120 Å². The van der Waals surface area contributed by atoms with E-state index in [4.69, 9.17) is 18.9 Å². The molecule has 4 rings (SSSR count). The van der Waals surface area contributed by atoms with Crippen molar-refractivity contribution in [2.24, 2.45) is 29.6 Å². The van der Waals surface area contributed by atoms with Crippen molar-refractivity contribution < 1.29 is 62.1 Å². The minimum absolute atomic E-state index is 0.0250. The molecule has 6 N–H and O–H groups in total. The number of rotatable bonds is 40. The van der Waals surface area contributed by atoms with Crippen LogP contribution < -0.4 is 31.9 Å². The Morgan fingerprint density at radius 1 is 0.478 bits per heavy atom. The number of benzene rings is 3. The van der Waals surface area contributed by atoms with Crippen LogP contribution in [0.25, 0.3) is 11.1 Å². The van der Waals surface area contributed by atoms with Crippen molar-refractivity contribution in [3.63, 3.8) is 0 Å². The average molecular weight is 1280 g/mol. The first kappa shape index (κ1) is 77.1. The van der Waals surface area contributed by atoms with Gasteiger partial charge < -0.3 is 50.8 Å². The van der Waals surface area contributed by atoms with E-state index in [1.807, 2.05) is 127 Å². The fourth-order valence-corrected chi connectivity index (χ4v) is 11.3. The first-order valence-corrected chi connectivity index (χ1v) is 33.9. The highest BCUT2D eigenvalue weighted by molar-refractivity contribution is 5.98. The summed E-state index contributed by atoms with van der Waals surface area (Å²) < 4.78 is 23.2. The lowest BCUT2D eigenvalue weighted by Gasteiger charge is -2.30. The summed E-state index contributed by atoms with van der Waals surface area (Å²) in [6.45, 7) is 25.4. The largest absolute Gasteiger partial charge is 0.461 e. The highest BCUT2D eigenvalue weighted by Gasteiger charge is 2.38. The highest BCUT2D eigenvalue weighted by atomic mass is 16.6. The predicted octanol–water partition coefficient (Wildman–Crippen LogP) is 11.9. The lowest BCUT2D eigenvalue weighted by atomic mass is 9.97. The summed E-state index contributed by atoms with van der Waals surface area (Å²) in [4.78, 5) is 127. The zero-order chi connectivity index (χ0) is 68.1. The number of fused-ring (bicyclic) bond motifs is 3. The van der Waals surface area contributed by atoms with Gasteiger partial charge in [0.1, 0.15) is 61.2 Å². The maximum absolute atomic E-state index is 14.7. The second-order valence-corrected chi connectivity index (χ2v) is 27.5. The number of hydrogen-bond donors (Lipinski definition) is 6. The molecule has 0 saturated carbocycles. The molecule has 0 fully saturated rings. The number of amides is 6. The third kappa shape index (κ3) is 27.1. The van der Waals surface area contributed by atoms with Crippen molar-refractivity contribution in [2.75, 3.05) is 6.61 Å². The van der Waals surface area contributed by atoms with Gasteiger partial charge in [0.15, 0.2) is 0 Å². The molecule has 19 nitrogen and oxygen atoms in total. The van der Waals surface area contributed by atoms with Gasteiger partial charge in [-0.15, -0.1) is 0 Å². The Bertz CT molecular complexity index is 2790. The summed E-state index contributed by atoms with van der Waals surface area (Å²) >= 11 is 0. The van der Waals surface area contributed by atoms with Gasteiger partial charge in [-0.25, -0.2) is 9.59 Å². The van der Waals surface area contributed by atoms with E-state index >= 15 is 0 Å². The predicted molar refractivity (Wildman–Crippen MR) is 357 cm³/mol. The number of esters is 3. The maximum atomic E-state index is 14.7. The van der Waals surface area contributed by atoms with Crippen molar-refractivity contribution in [1.82, 2.24) is 31.9 Å². The molecule has 1 aliphatic carbocycles. The normalized spacial score (nSPS) is 14.7. The molecule has 3 aromatic carbocycles. The van der Waals surface area contributed by atoms with E-state index in [0.717, 1.165) is 53.5 Å². The Hall–Kier alpha value is -7.31. The highest BCUT2D eigenvalue weighted by Crippen LogP contribution is 2.44. The molecule has 0 heterocycles. The zero-order valence-electron chi connectivity index (χ0n) is 57.5. The van der Waals surface area contributed by atoms with Crippen LogP contribution in [0, 0.1) is 29.6 Å². The molecule has 0 saturated heterocycles. The molecule has 1 aliphatic rings. The van der Waals surface area contributed by atoms with Crippen LogP contribution in [0.3, 0.4) is 0 Å². The maximum Gasteiger partial charge on any atom is 0.407 e. The van der Waals surface area contributed by atoms with Crippen LogP contribution in [0.5, 0.6) is 0 Å². The quantitative estimate of drug-likeness (QED) is 0.0176. The fraction of sp³-hybridized carbons (Fsp3) is 0.630. The van der Waals surface area contributed by atoms with Crippen LogP contribution in [0.4, 0.5) is 4.79 Å². The van der Waals surface area contributed by atoms with Crippen LogP contribution in [-0.4, -0.2) is 108 Å². The number of hydrogen-bond acceptors (Lipinski definition) is 13. The molecule has 0 radical (unpaired) electrons. The van der Waals surface area contributed by atoms with Crippen LogP contribution >= 0.6 is 0 Å². The number of carbonyl (C=O) groups excluding carboxylic acids is 9. The van der Waals surface area contributed by atoms with Gasteiger partial charge in [-0.05, 0) is 110 Å². The van der Waals surface area contributed by atoms with Crippen LogP contribution in [0.15, 0.2) is 78.9 Å². The van der Waals surface area contributed by atoms with Gasteiger partial charge in [0.05, 0.1) is 12.8 Å². The summed E-state index contributed by atoms with van der Waals surface area (Å²) in [6, 6.07) is 17.4. The van der Waals surface area contributed by atoms with E-state index in [1.54, 1.807) is 41.5 Å². The SMILES string of the molecule is CCCCCCCCCCCC(CC(=O)OCc1ccccc1)OC(=O)[C@@H](NC(=O)[C@@H](CC(C)C)NC(=O)[C@H](CC(=O)OC(C)(C)C)NC(=O)[C@@H](NC(=O)[C@@H](CC(C)C)NC(=O)[C@H](CC(C)C)NC(=O)OCC1c2ccccc2-c2ccccc21)C(C)C)[C@@H](C)CC. The molecule has 0 aliphatic heterocycles. The summed E-state index contributed by atoms with van der Waals surface area (Å²) in [6.07, 6.45) is 8.44. The Balaban J connectivity index is 1.52. The van der Waals surface area contributed by atoms with E-state index in [9.17, 15) is 43.2 Å². The van der Waals surface area contributed by atoms with Gasteiger partial charge >= 0.3 is 24.0 Å². The minimum atomic E-state index is -1.64. The Kier molecular flexibility index (Phi) is 32.9. The number of ether oxygens (including phenoxy) is 4. The van der Waals surface area contributed by atoms with Gasteiger partial charge in [0.2, 0.25) is 29.5 Å². The van der Waals surface area contributed by atoms with Crippen molar-refractivity contribution in [3.05, 3.63) is 95.6 Å². The van der Waals surface area contributed by atoms with Crippen molar-refractivity contribution >= 4 is 53.5 Å². The van der Waals surface area contributed by atoms with Gasteiger partial charge in [0, 0.05) is 5.92 Å². The molecule has 0 bridgehead atoms. The molecular weight excluding hydrogens is 1170 g/mol. The zero-order valence-corrected chi connectivity index (χ0v) is 57.5. The molecule has 6 amide bonds. The van der Waals surface area contributed by atoms with Gasteiger partial charge in [0.25, 0.3) is 0 Å². The van der Waals surface area contributed by atoms with E-state index in [0.29, 0.717) is 19.3 Å². The lowest BCUT2D eigenvalue weighted by molar-refractivity contribution is -0.160. The van der Waals surface area contributed by atoms with Gasteiger partial charge in [-0.3, -0.25) is 33.6 Å². The Morgan fingerprint density at radius 3 is 1.43 bits per heavy atom. The molecule has 1 unspecified atom stereocenters. The monoisotopic (exact) mass is 1280 g/mol. The summed E-state index contributed by atoms with van der Waals surface area (Å²) in [5, 5.41) is 16.6. The van der Waals surface area contributed by atoms with E-state index in [-0.39, 0.29) is 62.6 Å². The molecule has 0 spiro atoms. The third-order valence-corrected chi connectivity index (χ3v) is 16.3. The smallest absolute Gasteiger partial charge is 0.407 e. The third-order valence-electron chi connectivity index (χ3n) is 16.3. The number of nitrogens with one attached hydrogen (secondary N) is 6. The van der Waals surface area contributed by atoms with E-state index in [2.05, 4.69) is 38.8 Å². The Labute approximate surface area is 548 Å². The van der Waals surface area contributed by atoms with Gasteiger partial charge in [-0.1, -0.05) is 213 Å². The molecule has 19 heteroatoms. The number of alkyl carbamates (subject to hydrolysis) is 1. The van der Waals surface area contributed by atoms with Crippen molar-refractivity contribution in [2.45, 2.75) is 260 Å². The number of carbonyl (C=O) groups is 9. The van der Waals surface area contributed by atoms with Crippen molar-refractivity contribution in [1.29, 1.82) is 0 Å². The Morgan fingerprint density at radius 2 is 0.935 bits per heavy atom. The number of unbranched alkanes of at least 4 members (excludes halogenated alkanes) is 8. The van der Waals surface area contributed by atoms with E-state index in [1.165, 1.54) is 25.7 Å². The topological polar surface area (TPSA) is 263 Å². The second kappa shape index (κ2) is 39.3. The summed E-state index contributed by atoms with van der Waals surface area (Å²) in [7, 11) is 0. The molecule has 0 aromatic heterocycles. The molecule has 510 valence electrons. The summed E-state index contributed by atoms with van der Waals surface area (Å²) in [5.41, 5.74) is 4.01. The first-order chi connectivity index (χ1) is 43.6. The fourth-order valence-electron chi connectivity index (χ4n) is 11.3. The molecule has 8 atom stereocenters. The average Bonchev–Trinajstić information content (AvgIpc) is 1.62. The molecule has 3 aromatic rings.